The Balaban J connectivity index is 0.000000215. The predicted octanol–water partition coefficient (Wildman–Crippen LogP) is 2.03. The molecule has 2 rings (SSSR count). The summed E-state index contributed by atoms with van der Waals surface area (Å²) in [4.78, 5) is 9.87. The van der Waals surface area contributed by atoms with Crippen molar-refractivity contribution < 1.29 is 21.9 Å². The third-order valence-electron chi connectivity index (χ3n) is 1.44. The summed E-state index contributed by atoms with van der Waals surface area (Å²) in [6.07, 6.45) is 19.0. The van der Waals surface area contributed by atoms with Crippen LogP contribution in [0.15, 0.2) is 36.5 Å². The first kappa shape index (κ1) is 12.1. The molecule has 1 nitrogen and oxygen atoms in total. The van der Waals surface area contributed by atoms with E-state index in [0.717, 1.165) is 12.7 Å². The predicted molar refractivity (Wildman–Crippen MR) is 48.1 cm³/mol. The second-order valence-corrected chi connectivity index (χ2v) is 2.38. The number of hydrogen-bond donors (Lipinski definition) is 0. The zero-order valence-electron chi connectivity index (χ0n) is 7.09. The molecular weight excluding hydrogens is 204 g/mol. The van der Waals surface area contributed by atoms with Crippen molar-refractivity contribution in [1.29, 1.82) is 0 Å². The first-order valence-electron chi connectivity index (χ1n) is 3.86. The summed E-state index contributed by atoms with van der Waals surface area (Å²) in [6, 6.07) is 0. The number of rotatable bonds is 1. The first-order valence-corrected chi connectivity index (χ1v) is 3.86. The smallest absolute Gasteiger partial charge is 0.304 e. The van der Waals surface area contributed by atoms with Gasteiger partial charge in [-0.05, 0) is 5.92 Å². The molecule has 0 aromatic heterocycles. The standard InChI is InChI=1S/C6H5O.C5H5.Fe/c7-5-6-3-1-2-4-6;1-2-4-5-3-1;/h1-3,5-6H;1-3H,4H2;/q2*-1;+2. The summed E-state index contributed by atoms with van der Waals surface area (Å²) in [7, 11) is 0. The van der Waals surface area contributed by atoms with Crippen LogP contribution in [-0.4, -0.2) is 6.29 Å². The maximum Gasteiger partial charge on any atom is 2.00 e. The summed E-state index contributed by atoms with van der Waals surface area (Å²) >= 11 is 0. The van der Waals surface area contributed by atoms with Gasteiger partial charge in [-0.1, -0.05) is 0 Å². The molecule has 68 valence electrons. The molecule has 0 amide bonds. The molecule has 2 heteroatoms. The van der Waals surface area contributed by atoms with Crippen molar-refractivity contribution in [1.82, 2.24) is 0 Å². The summed E-state index contributed by atoms with van der Waals surface area (Å²) in [5.74, 6) is -0.0694. The molecule has 13 heavy (non-hydrogen) atoms. The van der Waals surface area contributed by atoms with Crippen LogP contribution in [-0.2, 0) is 21.9 Å². The molecule has 0 radical (unpaired) electrons. The van der Waals surface area contributed by atoms with Gasteiger partial charge in [-0.15, -0.1) is 6.42 Å². The molecule has 0 spiro atoms. The van der Waals surface area contributed by atoms with Crippen LogP contribution in [0.25, 0.3) is 0 Å². The molecule has 1 atom stereocenters. The van der Waals surface area contributed by atoms with E-state index in [4.69, 9.17) is 0 Å². The van der Waals surface area contributed by atoms with Crippen molar-refractivity contribution >= 4 is 6.29 Å². The minimum Gasteiger partial charge on any atom is -0.304 e. The zero-order chi connectivity index (χ0) is 8.65. The van der Waals surface area contributed by atoms with Crippen LogP contribution in [0.5, 0.6) is 0 Å². The molecule has 2 aliphatic rings. The number of allylic oxidation sites excluding steroid dienone is 8. The fraction of sp³-hybridized carbons (Fsp3) is 0.182. The molecule has 0 saturated carbocycles. The van der Waals surface area contributed by atoms with E-state index in [1.165, 1.54) is 0 Å². The molecule has 0 N–H and O–H groups in total. The van der Waals surface area contributed by atoms with E-state index >= 15 is 0 Å². The SMILES string of the molecule is O=CC1[C-]=CC=C1.[C-]1=CC=CC1.[Fe+2]. The Morgan fingerprint density at radius 2 is 2.15 bits per heavy atom. The fourth-order valence-electron chi connectivity index (χ4n) is 0.822. The minimum atomic E-state index is -0.0694. The maximum atomic E-state index is 9.87. The van der Waals surface area contributed by atoms with Crippen molar-refractivity contribution in [3.8, 4) is 0 Å². The van der Waals surface area contributed by atoms with Gasteiger partial charge in [-0.25, -0.2) is 24.3 Å². The maximum absolute atomic E-state index is 9.87. The second-order valence-electron chi connectivity index (χ2n) is 2.38. The van der Waals surface area contributed by atoms with Gasteiger partial charge in [0.25, 0.3) is 0 Å². The fourth-order valence-corrected chi connectivity index (χ4v) is 0.822. The Labute approximate surface area is 89.4 Å². The van der Waals surface area contributed by atoms with Crippen LogP contribution in [0.4, 0.5) is 0 Å². The third-order valence-corrected chi connectivity index (χ3v) is 1.44. The van der Waals surface area contributed by atoms with Gasteiger partial charge in [-0.2, -0.15) is 12.2 Å². The van der Waals surface area contributed by atoms with E-state index in [1.807, 2.05) is 18.2 Å². The molecule has 0 aromatic carbocycles. The summed E-state index contributed by atoms with van der Waals surface area (Å²) in [5, 5.41) is 0. The van der Waals surface area contributed by atoms with Crippen molar-refractivity contribution in [2.45, 2.75) is 6.42 Å². The summed E-state index contributed by atoms with van der Waals surface area (Å²) in [6.45, 7) is 0. The topological polar surface area (TPSA) is 17.1 Å². The van der Waals surface area contributed by atoms with E-state index in [9.17, 15) is 4.79 Å². The molecule has 0 saturated heterocycles. The molecule has 0 bridgehead atoms. The van der Waals surface area contributed by atoms with Crippen molar-refractivity contribution in [3.63, 3.8) is 0 Å². The van der Waals surface area contributed by atoms with Crippen LogP contribution in [0, 0.1) is 18.1 Å². The van der Waals surface area contributed by atoms with E-state index in [-0.39, 0.29) is 23.0 Å². The number of carbonyl (C=O) groups excluding carboxylic acids is 1. The average molecular weight is 214 g/mol. The van der Waals surface area contributed by atoms with Crippen LogP contribution in [0.2, 0.25) is 0 Å². The Morgan fingerprint density at radius 3 is 2.38 bits per heavy atom. The van der Waals surface area contributed by atoms with Gasteiger partial charge >= 0.3 is 17.1 Å². The van der Waals surface area contributed by atoms with E-state index in [0.29, 0.717) is 0 Å². The van der Waals surface area contributed by atoms with Gasteiger partial charge in [0.2, 0.25) is 0 Å². The van der Waals surface area contributed by atoms with Crippen LogP contribution >= 0.6 is 0 Å². The Kier molecular flexibility index (Phi) is 7.27. The molecule has 0 aromatic rings. The first-order chi connectivity index (χ1) is 5.93. The number of aldehydes is 1. The number of carbonyl (C=O) groups is 1. The van der Waals surface area contributed by atoms with Crippen LogP contribution in [0.3, 0.4) is 0 Å². The van der Waals surface area contributed by atoms with Crippen molar-refractivity contribution in [2.75, 3.05) is 0 Å². The molecule has 2 aliphatic carbocycles. The van der Waals surface area contributed by atoms with Crippen molar-refractivity contribution in [2.24, 2.45) is 5.92 Å². The Bertz CT molecular complexity index is 227. The van der Waals surface area contributed by atoms with Gasteiger partial charge < -0.3 is 4.79 Å². The van der Waals surface area contributed by atoms with E-state index < -0.39 is 0 Å². The third kappa shape index (κ3) is 5.40. The Morgan fingerprint density at radius 1 is 1.31 bits per heavy atom. The molecule has 0 heterocycles. The van der Waals surface area contributed by atoms with Gasteiger partial charge in [0.1, 0.15) is 6.29 Å². The second kappa shape index (κ2) is 7.78. The largest absolute Gasteiger partial charge is 2.00 e. The Hall–Kier alpha value is -0.851. The van der Waals surface area contributed by atoms with Gasteiger partial charge in [-0.3, -0.25) is 12.2 Å². The molecule has 1 unspecified atom stereocenters. The summed E-state index contributed by atoms with van der Waals surface area (Å²) in [5.41, 5.74) is 0. The molecule has 0 aliphatic heterocycles. The van der Waals surface area contributed by atoms with E-state index in [2.05, 4.69) is 18.2 Å². The van der Waals surface area contributed by atoms with Crippen LogP contribution in [0.1, 0.15) is 6.42 Å². The number of hydrogen-bond acceptors (Lipinski definition) is 1. The zero-order valence-corrected chi connectivity index (χ0v) is 8.19. The summed E-state index contributed by atoms with van der Waals surface area (Å²) < 4.78 is 0. The van der Waals surface area contributed by atoms with Crippen LogP contribution < -0.4 is 0 Å². The van der Waals surface area contributed by atoms with Gasteiger partial charge in [0, 0.05) is 0 Å². The molecule has 0 fully saturated rings. The van der Waals surface area contributed by atoms with Gasteiger partial charge in [0.05, 0.1) is 0 Å². The normalized spacial score (nSPS) is 20.8. The average Bonchev–Trinajstić information content (AvgIpc) is 2.81. The van der Waals surface area contributed by atoms with Crippen molar-refractivity contribution in [3.05, 3.63) is 48.6 Å². The van der Waals surface area contributed by atoms with Gasteiger partial charge in [0.15, 0.2) is 0 Å². The van der Waals surface area contributed by atoms with E-state index in [1.54, 1.807) is 12.2 Å². The monoisotopic (exact) mass is 214 g/mol. The minimum absolute atomic E-state index is 0. The molecular formula is C11H10FeO. The quantitative estimate of drug-likeness (QED) is 0.370.